The normalized spacial score (nSPS) is 11.9. The molecule has 0 radical (unpaired) electrons. The third-order valence-electron chi connectivity index (χ3n) is 5.91. The highest BCUT2D eigenvalue weighted by Gasteiger charge is 2.28. The van der Waals surface area contributed by atoms with Crippen LogP contribution in [0.4, 0.5) is 4.39 Å². The van der Waals surface area contributed by atoms with Gasteiger partial charge in [0.2, 0.25) is 0 Å². The molecule has 3 aromatic carbocycles. The first kappa shape index (κ1) is 25.8. The van der Waals surface area contributed by atoms with Gasteiger partial charge < -0.3 is 5.32 Å². The zero-order chi connectivity index (χ0) is 26.8. The summed E-state index contributed by atoms with van der Waals surface area (Å²) in [7, 11) is 0. The fraction of sp³-hybridized carbons (Fsp3) is 0.115. The van der Waals surface area contributed by atoms with Crippen LogP contribution in [0.3, 0.4) is 0 Å². The Balaban J connectivity index is 1.65. The molecule has 0 unspecified atom stereocenters. The summed E-state index contributed by atoms with van der Waals surface area (Å²) in [6.45, 7) is 1.74. The molecule has 5 aromatic rings. The van der Waals surface area contributed by atoms with Gasteiger partial charge in [0.05, 0.1) is 27.5 Å². The maximum atomic E-state index is 14.1. The van der Waals surface area contributed by atoms with Crippen molar-refractivity contribution in [3.8, 4) is 16.9 Å². The zero-order valence-electron chi connectivity index (χ0n) is 19.8. The molecule has 12 heteroatoms. The number of hydrogen-bond acceptors (Lipinski definition) is 5. The topological polar surface area (TPSA) is 101 Å². The van der Waals surface area contributed by atoms with E-state index < -0.39 is 17.8 Å². The number of aromatic nitrogens is 6. The molecule has 0 bridgehead atoms. The SMILES string of the molecule is C[C@@H](NC(=O)c1nn(-c2ccccc2Cl)c(-c2ccc(Cl)cc2)c1Cc1nn[nH]n1)c1ccc(Cl)c(F)c1. The van der Waals surface area contributed by atoms with E-state index in [-0.39, 0.29) is 17.1 Å². The Labute approximate surface area is 231 Å². The zero-order valence-corrected chi connectivity index (χ0v) is 22.1. The molecule has 0 aliphatic carbocycles. The van der Waals surface area contributed by atoms with E-state index in [0.29, 0.717) is 38.4 Å². The van der Waals surface area contributed by atoms with Crippen molar-refractivity contribution in [1.29, 1.82) is 0 Å². The van der Waals surface area contributed by atoms with Crippen LogP contribution < -0.4 is 5.32 Å². The Hall–Kier alpha value is -3.79. The predicted octanol–water partition coefficient (Wildman–Crippen LogP) is 6.23. The molecule has 0 fully saturated rings. The van der Waals surface area contributed by atoms with Crippen LogP contribution in [-0.2, 0) is 6.42 Å². The van der Waals surface area contributed by atoms with Gasteiger partial charge in [0.15, 0.2) is 11.5 Å². The van der Waals surface area contributed by atoms with Gasteiger partial charge in [-0.15, -0.1) is 10.2 Å². The lowest BCUT2D eigenvalue weighted by molar-refractivity contribution is 0.0933. The highest BCUT2D eigenvalue weighted by atomic mass is 35.5. The van der Waals surface area contributed by atoms with Crippen LogP contribution in [0, 0.1) is 5.82 Å². The summed E-state index contributed by atoms with van der Waals surface area (Å²) >= 11 is 18.5. The summed E-state index contributed by atoms with van der Waals surface area (Å²) in [6, 6.07) is 18.1. The molecule has 192 valence electrons. The molecule has 0 spiro atoms. The van der Waals surface area contributed by atoms with Gasteiger partial charge >= 0.3 is 0 Å². The Morgan fingerprint density at radius 3 is 2.50 bits per heavy atom. The van der Waals surface area contributed by atoms with Gasteiger partial charge in [-0.2, -0.15) is 10.3 Å². The molecule has 2 aromatic heterocycles. The maximum absolute atomic E-state index is 14.1. The monoisotopic (exact) mass is 569 g/mol. The van der Waals surface area contributed by atoms with E-state index in [1.165, 1.54) is 12.1 Å². The summed E-state index contributed by atoms with van der Waals surface area (Å²) < 4.78 is 15.7. The average Bonchev–Trinajstić information content (AvgIpc) is 3.55. The van der Waals surface area contributed by atoms with E-state index in [1.54, 1.807) is 48.0 Å². The molecule has 2 heterocycles. The lowest BCUT2D eigenvalue weighted by Crippen LogP contribution is -2.28. The number of para-hydroxylation sites is 1. The number of aromatic amines is 1. The molecule has 1 atom stereocenters. The van der Waals surface area contributed by atoms with Crippen molar-refractivity contribution in [2.24, 2.45) is 0 Å². The number of carbonyl (C=O) groups excluding carboxylic acids is 1. The molecule has 0 saturated heterocycles. The summed E-state index contributed by atoms with van der Waals surface area (Å²) in [5.41, 5.74) is 3.13. The van der Waals surface area contributed by atoms with Gasteiger partial charge in [-0.25, -0.2) is 9.07 Å². The second-order valence-corrected chi connectivity index (χ2v) is 9.67. The first-order chi connectivity index (χ1) is 18.3. The van der Waals surface area contributed by atoms with Crippen molar-refractivity contribution in [2.75, 3.05) is 0 Å². The van der Waals surface area contributed by atoms with Gasteiger partial charge in [-0.3, -0.25) is 4.79 Å². The number of nitrogens with one attached hydrogen (secondary N) is 2. The smallest absolute Gasteiger partial charge is 0.272 e. The molecule has 0 aliphatic heterocycles. The first-order valence-electron chi connectivity index (χ1n) is 11.4. The number of benzene rings is 3. The van der Waals surface area contributed by atoms with Gasteiger partial charge in [-0.05, 0) is 48.9 Å². The van der Waals surface area contributed by atoms with Gasteiger partial charge in [0, 0.05) is 22.6 Å². The van der Waals surface area contributed by atoms with Crippen molar-refractivity contribution < 1.29 is 9.18 Å². The Morgan fingerprint density at radius 1 is 1.05 bits per heavy atom. The maximum Gasteiger partial charge on any atom is 0.272 e. The number of amides is 1. The van der Waals surface area contributed by atoms with Crippen LogP contribution in [0.1, 0.15) is 40.4 Å². The summed E-state index contributed by atoms with van der Waals surface area (Å²) in [4.78, 5) is 13.7. The van der Waals surface area contributed by atoms with Gasteiger partial charge in [0.25, 0.3) is 5.91 Å². The van der Waals surface area contributed by atoms with E-state index in [4.69, 9.17) is 39.9 Å². The minimum absolute atomic E-state index is 0.000707. The second kappa shape index (κ2) is 10.9. The summed E-state index contributed by atoms with van der Waals surface area (Å²) in [6.07, 6.45) is 0.144. The van der Waals surface area contributed by atoms with E-state index >= 15 is 0 Å². The Bertz CT molecular complexity index is 1600. The Kier molecular flexibility index (Phi) is 7.42. The van der Waals surface area contributed by atoms with Crippen molar-refractivity contribution >= 4 is 40.7 Å². The van der Waals surface area contributed by atoms with Crippen molar-refractivity contribution in [1.82, 2.24) is 35.7 Å². The molecule has 8 nitrogen and oxygen atoms in total. The molecule has 1 amide bonds. The van der Waals surface area contributed by atoms with Gasteiger partial charge in [-0.1, -0.05) is 70.3 Å². The highest BCUT2D eigenvalue weighted by molar-refractivity contribution is 6.32. The number of H-pyrrole nitrogens is 1. The molecule has 0 aliphatic rings. The minimum Gasteiger partial charge on any atom is -0.344 e. The summed E-state index contributed by atoms with van der Waals surface area (Å²) in [5.74, 6) is -0.691. The highest BCUT2D eigenvalue weighted by Crippen LogP contribution is 2.34. The third-order valence-corrected chi connectivity index (χ3v) is 6.79. The lowest BCUT2D eigenvalue weighted by Gasteiger charge is -2.14. The lowest BCUT2D eigenvalue weighted by atomic mass is 10.0. The molecule has 38 heavy (non-hydrogen) atoms. The molecule has 2 N–H and O–H groups in total. The number of carbonyl (C=O) groups is 1. The summed E-state index contributed by atoms with van der Waals surface area (Å²) in [5, 5.41) is 22.8. The van der Waals surface area contributed by atoms with E-state index in [9.17, 15) is 9.18 Å². The van der Waals surface area contributed by atoms with Crippen molar-refractivity contribution in [2.45, 2.75) is 19.4 Å². The number of nitrogens with zero attached hydrogens (tertiary/aromatic N) is 5. The van der Waals surface area contributed by atoms with Crippen LogP contribution in [0.25, 0.3) is 16.9 Å². The number of rotatable bonds is 7. The molecule has 0 saturated carbocycles. The van der Waals surface area contributed by atoms with E-state index in [1.807, 2.05) is 18.2 Å². The predicted molar refractivity (Wildman–Crippen MR) is 143 cm³/mol. The average molecular weight is 571 g/mol. The van der Waals surface area contributed by atoms with E-state index in [2.05, 4.69) is 25.9 Å². The Morgan fingerprint density at radius 2 is 1.82 bits per heavy atom. The van der Waals surface area contributed by atoms with Crippen LogP contribution in [0.15, 0.2) is 66.7 Å². The number of halogens is 4. The first-order valence-corrected chi connectivity index (χ1v) is 12.6. The van der Waals surface area contributed by atoms with Crippen LogP contribution in [-0.4, -0.2) is 36.3 Å². The second-order valence-electron chi connectivity index (χ2n) is 8.42. The van der Waals surface area contributed by atoms with Crippen LogP contribution in [0.5, 0.6) is 0 Å². The van der Waals surface area contributed by atoms with Crippen LogP contribution in [0.2, 0.25) is 15.1 Å². The molecular weight excluding hydrogens is 552 g/mol. The number of tetrazole rings is 1. The fourth-order valence-corrected chi connectivity index (χ4v) is 4.51. The van der Waals surface area contributed by atoms with Crippen molar-refractivity contribution in [3.05, 3.63) is 110 Å². The van der Waals surface area contributed by atoms with Gasteiger partial charge in [0.1, 0.15) is 5.82 Å². The minimum atomic E-state index is -0.573. The largest absolute Gasteiger partial charge is 0.344 e. The quantitative estimate of drug-likeness (QED) is 0.241. The molecule has 5 rings (SSSR count). The standard InChI is InChI=1S/C26H19Cl3FN7O/c1-14(16-8-11-19(28)21(30)12-16)31-26(38)24-18(13-23-32-35-36-33-23)25(15-6-9-17(27)10-7-15)37(34-24)22-5-3-2-4-20(22)29/h2-12,14H,13H2,1H3,(H,31,38)(H,32,33,35,36)/t14-/m1/s1. The van der Waals surface area contributed by atoms with Crippen LogP contribution >= 0.6 is 34.8 Å². The number of hydrogen-bond donors (Lipinski definition) is 2. The van der Waals surface area contributed by atoms with E-state index in [0.717, 1.165) is 5.56 Å². The molecular formula is C26H19Cl3FN7O. The fourth-order valence-electron chi connectivity index (χ4n) is 4.05. The third kappa shape index (κ3) is 5.26. The van der Waals surface area contributed by atoms with Crippen molar-refractivity contribution in [3.63, 3.8) is 0 Å².